The number of aliphatic hydroxyl groups excluding tert-OH is 2. The van der Waals surface area contributed by atoms with E-state index < -0.39 is 28.5 Å². The lowest BCUT2D eigenvalue weighted by Crippen LogP contribution is -2.30. The molecule has 7 aromatic carbocycles. The third-order valence-electron chi connectivity index (χ3n) is 13.3. The van der Waals surface area contributed by atoms with Crippen LogP contribution in [0.2, 0.25) is 0 Å². The maximum Gasteiger partial charge on any atom is 0.127 e. The molecule has 1 unspecified atom stereocenters. The Morgan fingerprint density at radius 1 is 0.433 bits per heavy atom. The molecular formula is C61H50O6. The minimum Gasteiger partial charge on any atom is -0.392 e. The molecule has 0 amide bonds. The Kier molecular flexibility index (Phi) is 11.4. The number of hydrogen-bond acceptors (Lipinski definition) is 6. The molecule has 18 rings (SSSR count). The van der Waals surface area contributed by atoms with Crippen LogP contribution < -0.4 is 0 Å². The second kappa shape index (κ2) is 17.5. The zero-order chi connectivity index (χ0) is 46.2. The van der Waals surface area contributed by atoms with Crippen molar-refractivity contribution in [2.45, 2.75) is 34.9 Å². The van der Waals surface area contributed by atoms with Crippen molar-refractivity contribution >= 4 is 5.57 Å². The molecule has 67 heavy (non-hydrogen) atoms. The Labute approximate surface area is 390 Å². The summed E-state index contributed by atoms with van der Waals surface area (Å²) >= 11 is 0. The van der Waals surface area contributed by atoms with Gasteiger partial charge in [-0.05, 0) is 151 Å². The van der Waals surface area contributed by atoms with Crippen molar-refractivity contribution < 1.29 is 30.6 Å². The number of aliphatic hydroxyl groups is 6. The van der Waals surface area contributed by atoms with E-state index in [0.717, 1.165) is 55.6 Å². The summed E-state index contributed by atoms with van der Waals surface area (Å²) in [7, 11) is 0. The van der Waals surface area contributed by atoms with Crippen LogP contribution in [0.4, 0.5) is 0 Å². The lowest BCUT2D eigenvalue weighted by molar-refractivity contribution is 0.106. The fourth-order valence-electron chi connectivity index (χ4n) is 9.31. The highest BCUT2D eigenvalue weighted by molar-refractivity contribution is 5.79. The average Bonchev–Trinajstić information content (AvgIpc) is 3.38. The van der Waals surface area contributed by atoms with Crippen molar-refractivity contribution in [3.8, 4) is 44.5 Å². The molecule has 0 aromatic heterocycles. The standard InChI is InChI=1S/C61H50O6/c62-38-4-32-58(64)31-3-5-42-10-12-43(13-11-42)44-14-22-53(23-15-44)59(65)34-36-60(66,37-35-59)54-26-18-47(19-27-54)50-8-2-9-51(40-50)56-41-61(67,33-30-57(56)63)55-28-20-46(21-29-55)49-7-1-6-48(39-49)45-16-24-52(58)25-17-45/h1-4,6-37,39-41,57,62-67H,5,38H2/b31-3-,32-4-/t57-,58?,59?,60?,61+/m1/s1. The summed E-state index contributed by atoms with van der Waals surface area (Å²) in [5.41, 5.74) is 7.02. The van der Waals surface area contributed by atoms with Gasteiger partial charge in [-0.25, -0.2) is 0 Å². The van der Waals surface area contributed by atoms with Crippen molar-refractivity contribution in [1.29, 1.82) is 0 Å². The van der Waals surface area contributed by atoms with Gasteiger partial charge in [0.05, 0.1) is 12.7 Å². The number of rotatable bonds is 2. The second-order valence-electron chi connectivity index (χ2n) is 17.7. The Morgan fingerprint density at radius 3 is 1.31 bits per heavy atom. The van der Waals surface area contributed by atoms with E-state index in [9.17, 15) is 30.6 Å². The van der Waals surface area contributed by atoms with Crippen LogP contribution in [0.25, 0.3) is 50.1 Å². The van der Waals surface area contributed by atoms with Crippen LogP contribution in [-0.2, 0) is 28.8 Å². The molecule has 7 aromatic rings. The lowest BCUT2D eigenvalue weighted by Gasteiger charge is -2.31. The molecule has 0 fully saturated rings. The first-order valence-corrected chi connectivity index (χ1v) is 22.5. The average molecular weight is 879 g/mol. The van der Waals surface area contributed by atoms with Crippen LogP contribution in [0.3, 0.4) is 0 Å². The Morgan fingerprint density at radius 2 is 0.836 bits per heavy atom. The summed E-state index contributed by atoms with van der Waals surface area (Å²) in [6.45, 7) is -0.208. The van der Waals surface area contributed by atoms with E-state index in [1.54, 1.807) is 60.8 Å². The maximum atomic E-state index is 12.1. The minimum absolute atomic E-state index is 0.208. The van der Waals surface area contributed by atoms with Gasteiger partial charge in [0.2, 0.25) is 0 Å². The molecule has 6 heteroatoms. The topological polar surface area (TPSA) is 121 Å². The van der Waals surface area contributed by atoms with Gasteiger partial charge in [0.15, 0.2) is 0 Å². The molecule has 11 aliphatic carbocycles. The van der Waals surface area contributed by atoms with Crippen molar-refractivity contribution in [2.24, 2.45) is 0 Å². The zero-order valence-electron chi connectivity index (χ0n) is 36.7. The largest absolute Gasteiger partial charge is 0.392 e. The highest BCUT2D eigenvalue weighted by Crippen LogP contribution is 2.40. The zero-order valence-corrected chi connectivity index (χ0v) is 36.7. The van der Waals surface area contributed by atoms with Crippen LogP contribution in [-0.4, -0.2) is 43.4 Å². The predicted molar refractivity (Wildman–Crippen MR) is 267 cm³/mol. The molecule has 18 bridgehead atoms. The second-order valence-corrected chi connectivity index (χ2v) is 17.7. The van der Waals surface area contributed by atoms with Gasteiger partial charge in [0, 0.05) is 0 Å². The number of fused-ring (bicyclic) bond motifs is 1. The molecule has 330 valence electrons. The third-order valence-corrected chi connectivity index (χ3v) is 13.3. The maximum absolute atomic E-state index is 12.1. The van der Waals surface area contributed by atoms with E-state index in [1.165, 1.54) is 0 Å². The molecule has 6 N–H and O–H groups in total. The smallest absolute Gasteiger partial charge is 0.127 e. The van der Waals surface area contributed by atoms with Gasteiger partial charge in [-0.2, -0.15) is 0 Å². The quantitative estimate of drug-likeness (QED) is 0.0963. The van der Waals surface area contributed by atoms with Crippen LogP contribution in [0.1, 0.15) is 33.4 Å². The molecule has 0 saturated carbocycles. The predicted octanol–water partition coefficient (Wildman–Crippen LogP) is 10.6. The molecule has 0 saturated heterocycles. The van der Waals surface area contributed by atoms with Crippen molar-refractivity contribution in [3.05, 3.63) is 270 Å². The monoisotopic (exact) mass is 878 g/mol. The van der Waals surface area contributed by atoms with Crippen LogP contribution >= 0.6 is 0 Å². The normalized spacial score (nSPS) is 24.6. The summed E-state index contributed by atoms with van der Waals surface area (Å²) in [5.74, 6) is 0. The summed E-state index contributed by atoms with van der Waals surface area (Å²) in [6, 6.07) is 55.2. The summed E-state index contributed by atoms with van der Waals surface area (Å²) < 4.78 is 0. The van der Waals surface area contributed by atoms with E-state index in [-0.39, 0.29) is 6.61 Å². The summed E-state index contributed by atoms with van der Waals surface area (Å²) in [5, 5.41) is 68.3. The lowest BCUT2D eigenvalue weighted by atomic mass is 9.81. The Bertz CT molecular complexity index is 3100. The molecule has 0 heterocycles. The molecule has 0 aliphatic heterocycles. The van der Waals surface area contributed by atoms with Gasteiger partial charge in [-0.15, -0.1) is 0 Å². The first-order chi connectivity index (χ1) is 32.4. The van der Waals surface area contributed by atoms with E-state index in [1.807, 2.05) is 146 Å². The highest BCUT2D eigenvalue weighted by atomic mass is 16.3. The molecule has 0 spiro atoms. The van der Waals surface area contributed by atoms with E-state index in [4.69, 9.17) is 0 Å². The fraction of sp³-hybridized carbons (Fsp3) is 0.115. The van der Waals surface area contributed by atoms with Gasteiger partial charge in [-0.3, -0.25) is 0 Å². The highest BCUT2D eigenvalue weighted by Gasteiger charge is 2.34. The van der Waals surface area contributed by atoms with E-state index in [2.05, 4.69) is 30.3 Å². The fourth-order valence-corrected chi connectivity index (χ4v) is 9.31. The van der Waals surface area contributed by atoms with Crippen molar-refractivity contribution in [2.75, 3.05) is 6.61 Å². The first kappa shape index (κ1) is 43.6. The molecule has 0 radical (unpaired) electrons. The Balaban J connectivity index is 1.01. The van der Waals surface area contributed by atoms with E-state index >= 15 is 0 Å². The van der Waals surface area contributed by atoms with Gasteiger partial charge in [0.25, 0.3) is 0 Å². The number of benzene rings is 7. The van der Waals surface area contributed by atoms with Gasteiger partial charge in [0.1, 0.15) is 22.4 Å². The summed E-state index contributed by atoms with van der Waals surface area (Å²) in [4.78, 5) is 0. The molecular weight excluding hydrogens is 829 g/mol. The van der Waals surface area contributed by atoms with Crippen LogP contribution in [0.15, 0.2) is 237 Å². The molecule has 3 atom stereocenters. The SMILES string of the molecule is OC/C=C\C1(O)/C=C\Cc2ccc(cc2)-c2ccc(cc2)C2(O)C=CC(O)(C=C2)c2ccc(cc2)-c2cccc(c2)C2=C[C@@](O)(C=C[C@H]2O)c2ccc(cc2)-c2cccc(c2)-c2ccc1cc2. The molecule has 6 nitrogen and oxygen atoms in total. The summed E-state index contributed by atoms with van der Waals surface area (Å²) in [6.07, 6.45) is 18.0. The van der Waals surface area contributed by atoms with Gasteiger partial charge in [-0.1, -0.05) is 176 Å². The van der Waals surface area contributed by atoms with Crippen LogP contribution in [0.5, 0.6) is 0 Å². The van der Waals surface area contributed by atoms with Crippen molar-refractivity contribution in [3.63, 3.8) is 0 Å². The minimum atomic E-state index is -1.47. The number of hydrogen-bond donors (Lipinski definition) is 6. The first-order valence-electron chi connectivity index (χ1n) is 22.5. The van der Waals surface area contributed by atoms with Crippen LogP contribution in [0, 0.1) is 0 Å². The Hall–Kier alpha value is -7.26. The third kappa shape index (κ3) is 8.66. The van der Waals surface area contributed by atoms with Crippen molar-refractivity contribution in [1.82, 2.24) is 0 Å². The number of allylic oxidation sites excluding steroid dienone is 1. The van der Waals surface area contributed by atoms with E-state index in [0.29, 0.717) is 34.2 Å². The molecule has 11 aliphatic rings. The van der Waals surface area contributed by atoms with Gasteiger partial charge < -0.3 is 30.6 Å². The van der Waals surface area contributed by atoms with Gasteiger partial charge >= 0.3 is 0 Å².